The van der Waals surface area contributed by atoms with Gasteiger partial charge in [-0.15, -0.1) is 0 Å². The van der Waals surface area contributed by atoms with Crippen LogP contribution in [0.4, 0.5) is 0 Å². The Kier molecular flexibility index (Phi) is 7.45. The number of nitrogens with zero attached hydrogens (tertiary/aromatic N) is 1. The van der Waals surface area contributed by atoms with Crippen LogP contribution in [0.2, 0.25) is 0 Å². The van der Waals surface area contributed by atoms with Crippen LogP contribution in [0.3, 0.4) is 0 Å². The first-order valence-electron chi connectivity index (χ1n) is 4.65. The fourth-order valence-electron chi connectivity index (χ4n) is 1.30. The van der Waals surface area contributed by atoms with Crippen molar-refractivity contribution in [1.82, 2.24) is 4.90 Å². The lowest BCUT2D eigenvalue weighted by Crippen LogP contribution is -2.38. The Morgan fingerprint density at radius 1 is 1.50 bits per heavy atom. The van der Waals surface area contributed by atoms with Crippen LogP contribution in [0.1, 0.15) is 19.8 Å². The normalized spacial score (nSPS) is 13.8. The van der Waals surface area contributed by atoms with Crippen LogP contribution in [0.25, 0.3) is 0 Å². The summed E-state index contributed by atoms with van der Waals surface area (Å²) in [6, 6.07) is 0.529. The average molecular weight is 174 g/mol. The number of rotatable bonds is 7. The maximum Gasteiger partial charge on any atom is 0.0474 e. The predicted octanol–water partition coefficient (Wildman–Crippen LogP) is 0.692. The van der Waals surface area contributed by atoms with E-state index in [1.54, 1.807) is 7.11 Å². The second-order valence-corrected chi connectivity index (χ2v) is 3.12. The zero-order valence-electron chi connectivity index (χ0n) is 8.55. The van der Waals surface area contributed by atoms with Gasteiger partial charge in [0.25, 0.3) is 0 Å². The van der Waals surface area contributed by atoms with E-state index in [1.165, 1.54) is 0 Å². The Morgan fingerprint density at radius 2 is 2.17 bits per heavy atom. The van der Waals surface area contributed by atoms with E-state index in [-0.39, 0.29) is 0 Å². The minimum Gasteiger partial charge on any atom is -0.385 e. The largest absolute Gasteiger partial charge is 0.385 e. The zero-order chi connectivity index (χ0) is 9.40. The lowest BCUT2D eigenvalue weighted by atomic mass is 10.2. The van der Waals surface area contributed by atoms with E-state index in [0.717, 1.165) is 32.5 Å². The molecule has 0 aromatic heterocycles. The quantitative estimate of drug-likeness (QED) is 0.577. The van der Waals surface area contributed by atoms with E-state index in [2.05, 4.69) is 18.9 Å². The highest BCUT2D eigenvalue weighted by molar-refractivity contribution is 4.67. The summed E-state index contributed by atoms with van der Waals surface area (Å²) in [6.07, 6.45) is 2.21. The van der Waals surface area contributed by atoms with E-state index in [9.17, 15) is 0 Å². The molecule has 3 heteroatoms. The molecule has 1 atom stereocenters. The van der Waals surface area contributed by atoms with Gasteiger partial charge >= 0.3 is 0 Å². The highest BCUT2D eigenvalue weighted by atomic mass is 16.5. The van der Waals surface area contributed by atoms with E-state index in [1.807, 2.05) is 0 Å². The van der Waals surface area contributed by atoms with Crippen molar-refractivity contribution < 1.29 is 4.74 Å². The van der Waals surface area contributed by atoms with Crippen LogP contribution in [0.5, 0.6) is 0 Å². The van der Waals surface area contributed by atoms with E-state index in [4.69, 9.17) is 10.5 Å². The monoisotopic (exact) mass is 174 g/mol. The number of nitrogens with two attached hydrogens (primary N) is 1. The fraction of sp³-hybridized carbons (Fsp3) is 1.00. The van der Waals surface area contributed by atoms with Crippen LogP contribution in [0, 0.1) is 0 Å². The molecular weight excluding hydrogens is 152 g/mol. The molecule has 0 fully saturated rings. The first-order chi connectivity index (χ1) is 5.76. The molecule has 0 aliphatic rings. The third-order valence-corrected chi connectivity index (χ3v) is 2.23. The maximum absolute atomic E-state index is 5.62. The van der Waals surface area contributed by atoms with Crippen molar-refractivity contribution in [3.05, 3.63) is 0 Å². The lowest BCUT2D eigenvalue weighted by molar-refractivity contribution is 0.165. The number of ether oxygens (including phenoxy) is 1. The minimum absolute atomic E-state index is 0.529. The highest BCUT2D eigenvalue weighted by Gasteiger charge is 2.08. The van der Waals surface area contributed by atoms with Crippen molar-refractivity contribution in [3.63, 3.8) is 0 Å². The molecule has 0 saturated heterocycles. The Balaban J connectivity index is 3.47. The third-order valence-electron chi connectivity index (χ3n) is 2.23. The van der Waals surface area contributed by atoms with Gasteiger partial charge in [0.1, 0.15) is 0 Å². The molecule has 0 spiro atoms. The Hall–Kier alpha value is -0.120. The fourth-order valence-corrected chi connectivity index (χ4v) is 1.30. The van der Waals surface area contributed by atoms with E-state index < -0.39 is 0 Å². The summed E-state index contributed by atoms with van der Waals surface area (Å²) in [5.74, 6) is 0. The molecule has 0 aromatic rings. The van der Waals surface area contributed by atoms with Gasteiger partial charge in [-0.25, -0.2) is 0 Å². The van der Waals surface area contributed by atoms with E-state index in [0.29, 0.717) is 6.04 Å². The van der Waals surface area contributed by atoms with Gasteiger partial charge in [-0.3, -0.25) is 0 Å². The molecule has 2 N–H and O–H groups in total. The molecule has 74 valence electrons. The molecule has 0 aliphatic carbocycles. The molecule has 3 nitrogen and oxygen atoms in total. The van der Waals surface area contributed by atoms with E-state index >= 15 is 0 Å². The first-order valence-corrected chi connectivity index (χ1v) is 4.65. The minimum atomic E-state index is 0.529. The molecule has 0 radical (unpaired) electrons. The van der Waals surface area contributed by atoms with Crippen molar-refractivity contribution in [2.75, 3.05) is 33.9 Å². The van der Waals surface area contributed by atoms with Crippen molar-refractivity contribution in [3.8, 4) is 0 Å². The van der Waals surface area contributed by atoms with Gasteiger partial charge in [0.15, 0.2) is 0 Å². The molecular formula is C9H22N2O. The van der Waals surface area contributed by atoms with Crippen LogP contribution >= 0.6 is 0 Å². The Bertz CT molecular complexity index is 94.5. The summed E-state index contributed by atoms with van der Waals surface area (Å²) >= 11 is 0. The molecule has 0 amide bonds. The topological polar surface area (TPSA) is 38.5 Å². The standard InChI is InChI=1S/C9H22N2O/c1-4-9(8-10)11(2)6-5-7-12-3/h9H,4-8,10H2,1-3H3. The Morgan fingerprint density at radius 3 is 2.58 bits per heavy atom. The molecule has 1 unspecified atom stereocenters. The van der Waals surface area contributed by atoms with Crippen molar-refractivity contribution >= 4 is 0 Å². The lowest BCUT2D eigenvalue weighted by Gasteiger charge is -2.25. The molecule has 0 aromatic carbocycles. The molecule has 0 saturated carbocycles. The number of likely N-dealkylation sites (N-methyl/N-ethyl adjacent to an activating group) is 1. The molecule has 0 rings (SSSR count). The summed E-state index contributed by atoms with van der Waals surface area (Å²) < 4.78 is 4.98. The molecule has 12 heavy (non-hydrogen) atoms. The van der Waals surface area contributed by atoms with Crippen LogP contribution in [0.15, 0.2) is 0 Å². The summed E-state index contributed by atoms with van der Waals surface area (Å²) in [4.78, 5) is 2.30. The van der Waals surface area contributed by atoms with Crippen LogP contribution < -0.4 is 5.73 Å². The van der Waals surface area contributed by atoms with Gasteiger partial charge in [0.05, 0.1) is 0 Å². The zero-order valence-corrected chi connectivity index (χ0v) is 8.55. The third kappa shape index (κ3) is 4.70. The van der Waals surface area contributed by atoms with Gasteiger partial charge in [0, 0.05) is 32.8 Å². The number of hydrogen-bond acceptors (Lipinski definition) is 3. The Labute approximate surface area is 75.9 Å². The predicted molar refractivity (Wildman–Crippen MR) is 52.3 cm³/mol. The van der Waals surface area contributed by atoms with Gasteiger partial charge < -0.3 is 15.4 Å². The SMILES string of the molecule is CCC(CN)N(C)CCCOC. The van der Waals surface area contributed by atoms with Crippen LogP contribution in [-0.2, 0) is 4.74 Å². The number of methoxy groups -OCH3 is 1. The van der Waals surface area contributed by atoms with Crippen molar-refractivity contribution in [1.29, 1.82) is 0 Å². The van der Waals surface area contributed by atoms with Gasteiger partial charge in [-0.1, -0.05) is 6.92 Å². The summed E-state index contributed by atoms with van der Waals surface area (Å²) in [5.41, 5.74) is 5.62. The van der Waals surface area contributed by atoms with Gasteiger partial charge in [-0.05, 0) is 19.9 Å². The van der Waals surface area contributed by atoms with Gasteiger partial charge in [0.2, 0.25) is 0 Å². The second kappa shape index (κ2) is 7.53. The summed E-state index contributed by atoms with van der Waals surface area (Å²) in [6.45, 7) is 4.83. The smallest absolute Gasteiger partial charge is 0.0474 e. The van der Waals surface area contributed by atoms with Gasteiger partial charge in [-0.2, -0.15) is 0 Å². The summed E-state index contributed by atoms with van der Waals surface area (Å²) in [7, 11) is 3.86. The molecule has 0 aliphatic heterocycles. The average Bonchev–Trinajstić information content (AvgIpc) is 2.07. The van der Waals surface area contributed by atoms with Crippen LogP contribution in [-0.4, -0.2) is 44.8 Å². The molecule has 0 bridgehead atoms. The number of hydrogen-bond donors (Lipinski definition) is 1. The maximum atomic E-state index is 5.62. The highest BCUT2D eigenvalue weighted by Crippen LogP contribution is 2.00. The second-order valence-electron chi connectivity index (χ2n) is 3.12. The summed E-state index contributed by atoms with van der Waals surface area (Å²) in [5, 5.41) is 0. The van der Waals surface area contributed by atoms with Crippen molar-refractivity contribution in [2.45, 2.75) is 25.8 Å². The molecule has 0 heterocycles. The van der Waals surface area contributed by atoms with Crippen molar-refractivity contribution in [2.24, 2.45) is 5.73 Å². The first kappa shape index (κ1) is 11.9.